The lowest BCUT2D eigenvalue weighted by Gasteiger charge is -2.17. The minimum atomic E-state index is -4.48. The predicted octanol–water partition coefficient (Wildman–Crippen LogP) is 3.13. The summed E-state index contributed by atoms with van der Waals surface area (Å²) in [5.41, 5.74) is -0.380. The van der Waals surface area contributed by atoms with E-state index in [4.69, 9.17) is 4.52 Å². The fourth-order valence-electron chi connectivity index (χ4n) is 2.19. The molecule has 0 amide bonds. The van der Waals surface area contributed by atoms with E-state index in [0.29, 0.717) is 0 Å². The predicted molar refractivity (Wildman–Crippen MR) is 76.1 cm³/mol. The molecule has 2 rings (SSSR count). The molecule has 1 heterocycles. The van der Waals surface area contributed by atoms with Crippen LogP contribution in [0.4, 0.5) is 13.2 Å². The first-order chi connectivity index (χ1) is 10.5. The SMILES string of the molecule is Cc1noc(C)c1S(=O)(=O)N(C)Cc1cccc(C(F)(F)F)c1. The molecule has 0 spiro atoms. The molecule has 0 aliphatic rings. The van der Waals surface area contributed by atoms with Crippen LogP contribution < -0.4 is 0 Å². The molecule has 0 fully saturated rings. The lowest BCUT2D eigenvalue weighted by atomic mass is 10.1. The summed E-state index contributed by atoms with van der Waals surface area (Å²) in [6, 6.07) is 4.55. The van der Waals surface area contributed by atoms with Gasteiger partial charge >= 0.3 is 6.18 Å². The standard InChI is InChI=1S/C14H15F3N2O3S/c1-9-13(10(2)22-18-9)23(20,21)19(3)8-11-5-4-6-12(7-11)14(15,16)17/h4-7H,8H2,1-3H3. The number of aryl methyl sites for hydroxylation is 2. The van der Waals surface area contributed by atoms with Crippen LogP contribution in [0.2, 0.25) is 0 Å². The fraction of sp³-hybridized carbons (Fsp3) is 0.357. The maximum absolute atomic E-state index is 12.7. The summed E-state index contributed by atoms with van der Waals surface area (Å²) in [4.78, 5) is -0.0630. The zero-order chi connectivity index (χ0) is 17.4. The van der Waals surface area contributed by atoms with Crippen LogP contribution in [0.3, 0.4) is 0 Å². The first-order valence-electron chi connectivity index (χ1n) is 6.59. The van der Waals surface area contributed by atoms with Crippen molar-refractivity contribution >= 4 is 10.0 Å². The van der Waals surface area contributed by atoms with Gasteiger partial charge in [-0.15, -0.1) is 0 Å². The average Bonchev–Trinajstić information content (AvgIpc) is 2.78. The lowest BCUT2D eigenvalue weighted by molar-refractivity contribution is -0.137. The Labute approximate surface area is 131 Å². The molecule has 1 aromatic heterocycles. The number of halogens is 3. The van der Waals surface area contributed by atoms with Crippen LogP contribution in [0.15, 0.2) is 33.7 Å². The highest BCUT2D eigenvalue weighted by Crippen LogP contribution is 2.30. The molecule has 0 atom stereocenters. The van der Waals surface area contributed by atoms with E-state index in [0.717, 1.165) is 16.4 Å². The van der Waals surface area contributed by atoms with Gasteiger partial charge in [-0.25, -0.2) is 8.42 Å². The van der Waals surface area contributed by atoms with Crippen molar-refractivity contribution in [3.8, 4) is 0 Å². The molecule has 0 radical (unpaired) electrons. The van der Waals surface area contributed by atoms with Crippen molar-refractivity contribution in [3.05, 3.63) is 46.8 Å². The van der Waals surface area contributed by atoms with Crippen molar-refractivity contribution in [3.63, 3.8) is 0 Å². The van der Waals surface area contributed by atoms with Crippen LogP contribution in [-0.2, 0) is 22.7 Å². The summed E-state index contributed by atoms with van der Waals surface area (Å²) in [7, 11) is -2.61. The number of rotatable bonds is 4. The van der Waals surface area contributed by atoms with Crippen molar-refractivity contribution in [2.45, 2.75) is 31.5 Å². The number of hydrogen-bond acceptors (Lipinski definition) is 4. The molecule has 2 aromatic rings. The number of alkyl halides is 3. The van der Waals surface area contributed by atoms with Crippen LogP contribution in [0.25, 0.3) is 0 Å². The minimum absolute atomic E-state index is 0.0630. The maximum atomic E-state index is 12.7. The van der Waals surface area contributed by atoms with Crippen molar-refractivity contribution in [2.75, 3.05) is 7.05 Å². The third kappa shape index (κ3) is 3.56. The molecule has 23 heavy (non-hydrogen) atoms. The summed E-state index contributed by atoms with van der Waals surface area (Å²) in [6.45, 7) is 2.75. The zero-order valence-electron chi connectivity index (χ0n) is 12.7. The molecule has 0 aliphatic carbocycles. The molecule has 126 valence electrons. The highest BCUT2D eigenvalue weighted by Gasteiger charge is 2.31. The van der Waals surface area contributed by atoms with Gasteiger partial charge in [0, 0.05) is 13.6 Å². The van der Waals surface area contributed by atoms with Gasteiger partial charge in [0.2, 0.25) is 10.0 Å². The zero-order valence-corrected chi connectivity index (χ0v) is 13.5. The molecule has 0 bridgehead atoms. The van der Waals surface area contributed by atoms with Gasteiger partial charge in [0.1, 0.15) is 10.6 Å². The Hall–Kier alpha value is -1.87. The normalized spacial score (nSPS) is 12.8. The Balaban J connectivity index is 2.31. The highest BCUT2D eigenvalue weighted by molar-refractivity contribution is 7.89. The van der Waals surface area contributed by atoms with Gasteiger partial charge in [-0.1, -0.05) is 23.4 Å². The van der Waals surface area contributed by atoms with E-state index in [-0.39, 0.29) is 28.5 Å². The number of nitrogens with zero attached hydrogens (tertiary/aromatic N) is 2. The molecular formula is C14H15F3N2O3S. The van der Waals surface area contributed by atoms with Crippen LogP contribution in [0.5, 0.6) is 0 Å². The first-order valence-corrected chi connectivity index (χ1v) is 8.03. The van der Waals surface area contributed by atoms with Crippen LogP contribution in [0, 0.1) is 13.8 Å². The van der Waals surface area contributed by atoms with Gasteiger partial charge in [0.25, 0.3) is 0 Å². The molecule has 1 aromatic carbocycles. The second-order valence-corrected chi connectivity index (χ2v) is 7.09. The van der Waals surface area contributed by atoms with Crippen LogP contribution >= 0.6 is 0 Å². The molecule has 0 saturated carbocycles. The summed E-state index contributed by atoms with van der Waals surface area (Å²) < 4.78 is 69.0. The number of benzene rings is 1. The van der Waals surface area contributed by atoms with Crippen LogP contribution in [0.1, 0.15) is 22.6 Å². The second-order valence-electron chi connectivity index (χ2n) is 5.11. The van der Waals surface area contributed by atoms with Gasteiger partial charge in [0.05, 0.1) is 5.56 Å². The van der Waals surface area contributed by atoms with Crippen molar-refractivity contribution in [2.24, 2.45) is 0 Å². The van der Waals surface area contributed by atoms with Crippen molar-refractivity contribution < 1.29 is 26.1 Å². The van der Waals surface area contributed by atoms with E-state index in [1.807, 2.05) is 0 Å². The third-order valence-corrected chi connectivity index (χ3v) is 5.34. The Kier molecular flexibility index (Phi) is 4.54. The van der Waals surface area contributed by atoms with E-state index in [1.54, 1.807) is 0 Å². The molecular weight excluding hydrogens is 333 g/mol. The topological polar surface area (TPSA) is 63.4 Å². The Morgan fingerprint density at radius 2 is 1.91 bits per heavy atom. The first kappa shape index (κ1) is 17.5. The Morgan fingerprint density at radius 3 is 2.43 bits per heavy atom. The lowest BCUT2D eigenvalue weighted by Crippen LogP contribution is -2.27. The van der Waals surface area contributed by atoms with E-state index < -0.39 is 21.8 Å². The van der Waals surface area contributed by atoms with Gasteiger partial charge < -0.3 is 4.52 Å². The van der Waals surface area contributed by atoms with E-state index in [1.165, 1.54) is 33.0 Å². The highest BCUT2D eigenvalue weighted by atomic mass is 32.2. The minimum Gasteiger partial charge on any atom is -0.360 e. The molecule has 0 aliphatic heterocycles. The monoisotopic (exact) mass is 348 g/mol. The maximum Gasteiger partial charge on any atom is 0.416 e. The summed E-state index contributed by atoms with van der Waals surface area (Å²) in [5, 5.41) is 3.59. The van der Waals surface area contributed by atoms with Crippen LogP contribution in [-0.4, -0.2) is 24.9 Å². The van der Waals surface area contributed by atoms with Crippen molar-refractivity contribution in [1.29, 1.82) is 0 Å². The number of sulfonamides is 1. The summed E-state index contributed by atoms with van der Waals surface area (Å²) in [5.74, 6) is 0.137. The molecule has 0 N–H and O–H groups in total. The van der Waals surface area contributed by atoms with E-state index in [2.05, 4.69) is 5.16 Å². The fourth-order valence-corrected chi connectivity index (χ4v) is 3.63. The molecule has 0 unspecified atom stereocenters. The third-order valence-electron chi connectivity index (χ3n) is 3.30. The smallest absolute Gasteiger partial charge is 0.360 e. The molecule has 9 heteroatoms. The quantitative estimate of drug-likeness (QED) is 0.852. The second kappa shape index (κ2) is 5.97. The van der Waals surface area contributed by atoms with Gasteiger partial charge in [-0.3, -0.25) is 0 Å². The van der Waals surface area contributed by atoms with E-state index in [9.17, 15) is 21.6 Å². The molecule has 0 saturated heterocycles. The largest absolute Gasteiger partial charge is 0.416 e. The van der Waals surface area contributed by atoms with Gasteiger partial charge in [0.15, 0.2) is 5.76 Å². The Bertz CT molecular complexity index is 793. The van der Waals surface area contributed by atoms with E-state index >= 15 is 0 Å². The molecule has 5 nitrogen and oxygen atoms in total. The number of aromatic nitrogens is 1. The summed E-state index contributed by atoms with van der Waals surface area (Å²) >= 11 is 0. The average molecular weight is 348 g/mol. The Morgan fingerprint density at radius 1 is 1.26 bits per heavy atom. The van der Waals surface area contributed by atoms with Crippen molar-refractivity contribution in [1.82, 2.24) is 9.46 Å². The van der Waals surface area contributed by atoms with Gasteiger partial charge in [-0.05, 0) is 25.5 Å². The summed E-state index contributed by atoms with van der Waals surface area (Å²) in [6.07, 6.45) is -4.48. The van der Waals surface area contributed by atoms with Gasteiger partial charge in [-0.2, -0.15) is 17.5 Å². The number of hydrogen-bond donors (Lipinski definition) is 0.